The van der Waals surface area contributed by atoms with Gasteiger partial charge in [-0.3, -0.25) is 9.59 Å². The van der Waals surface area contributed by atoms with Crippen LogP contribution < -0.4 is 10.6 Å². The lowest BCUT2D eigenvalue weighted by Crippen LogP contribution is -2.49. The van der Waals surface area contributed by atoms with E-state index in [2.05, 4.69) is 27.7 Å². The lowest BCUT2D eigenvalue weighted by molar-refractivity contribution is -0.129. The third-order valence-corrected chi connectivity index (χ3v) is 4.46. The number of benzene rings is 2. The highest BCUT2D eigenvalue weighted by atomic mass is 16.2. The fourth-order valence-corrected chi connectivity index (χ4v) is 2.97. The van der Waals surface area contributed by atoms with Crippen LogP contribution >= 0.6 is 0 Å². The molecule has 2 aromatic rings. The zero-order valence-electron chi connectivity index (χ0n) is 17.2. The van der Waals surface area contributed by atoms with Gasteiger partial charge in [0.15, 0.2) is 0 Å². The van der Waals surface area contributed by atoms with Crippen molar-refractivity contribution in [3.63, 3.8) is 0 Å². The predicted molar refractivity (Wildman–Crippen MR) is 113 cm³/mol. The van der Waals surface area contributed by atoms with E-state index in [0.29, 0.717) is 6.54 Å². The second-order valence-electron chi connectivity index (χ2n) is 7.72. The Morgan fingerprint density at radius 2 is 1.50 bits per heavy atom. The van der Waals surface area contributed by atoms with E-state index in [1.54, 1.807) is 0 Å². The number of amides is 2. The summed E-state index contributed by atoms with van der Waals surface area (Å²) < 4.78 is 0. The van der Waals surface area contributed by atoms with Gasteiger partial charge in [0.05, 0.1) is 6.42 Å². The Bertz CT molecular complexity index is 755. The molecule has 0 bridgehead atoms. The summed E-state index contributed by atoms with van der Waals surface area (Å²) in [4.78, 5) is 27.1. The van der Waals surface area contributed by atoms with E-state index in [1.807, 2.05) is 70.4 Å². The number of nitrogens with zero attached hydrogens (tertiary/aromatic N) is 1. The molecule has 2 N–H and O–H groups in total. The van der Waals surface area contributed by atoms with Crippen molar-refractivity contribution in [2.75, 3.05) is 14.1 Å². The molecule has 5 nitrogen and oxygen atoms in total. The first-order valence-corrected chi connectivity index (χ1v) is 9.68. The highest BCUT2D eigenvalue weighted by Gasteiger charge is 2.23. The molecule has 2 amide bonds. The summed E-state index contributed by atoms with van der Waals surface area (Å²) in [7, 11) is 4.07. The third-order valence-electron chi connectivity index (χ3n) is 4.46. The largest absolute Gasteiger partial charge is 0.350 e. The quantitative estimate of drug-likeness (QED) is 0.702. The summed E-state index contributed by atoms with van der Waals surface area (Å²) in [6.07, 6.45) is 0.269. The summed E-state index contributed by atoms with van der Waals surface area (Å²) in [5.74, 6) is -0.302. The van der Waals surface area contributed by atoms with Gasteiger partial charge in [-0.1, -0.05) is 68.4 Å². The third kappa shape index (κ3) is 7.16. The molecular formula is C23H31N3O2. The molecule has 0 aromatic heterocycles. The van der Waals surface area contributed by atoms with Crippen LogP contribution in [0.15, 0.2) is 54.6 Å². The average Bonchev–Trinajstić information content (AvgIpc) is 2.65. The van der Waals surface area contributed by atoms with Crippen LogP contribution in [0.5, 0.6) is 0 Å². The van der Waals surface area contributed by atoms with Gasteiger partial charge in [-0.25, -0.2) is 0 Å². The topological polar surface area (TPSA) is 61.4 Å². The van der Waals surface area contributed by atoms with Gasteiger partial charge < -0.3 is 15.5 Å². The fraction of sp³-hybridized carbons (Fsp3) is 0.391. The van der Waals surface area contributed by atoms with Crippen molar-refractivity contribution in [2.45, 2.75) is 39.4 Å². The van der Waals surface area contributed by atoms with E-state index < -0.39 is 6.04 Å². The van der Waals surface area contributed by atoms with E-state index in [-0.39, 0.29) is 24.2 Å². The second-order valence-corrected chi connectivity index (χ2v) is 7.72. The molecule has 150 valence electrons. The van der Waals surface area contributed by atoms with Gasteiger partial charge in [0.2, 0.25) is 11.8 Å². The smallest absolute Gasteiger partial charge is 0.243 e. The fourth-order valence-electron chi connectivity index (χ4n) is 2.97. The Morgan fingerprint density at radius 3 is 2.07 bits per heavy atom. The molecule has 0 saturated carbocycles. The summed E-state index contributed by atoms with van der Waals surface area (Å²) in [5, 5.41) is 5.82. The second kappa shape index (κ2) is 10.6. The Hall–Kier alpha value is -2.66. The normalized spacial score (nSPS) is 12.1. The minimum absolute atomic E-state index is 0.00203. The van der Waals surface area contributed by atoms with Gasteiger partial charge >= 0.3 is 0 Å². The van der Waals surface area contributed by atoms with Crippen LogP contribution in [0, 0.1) is 5.92 Å². The Labute approximate surface area is 168 Å². The van der Waals surface area contributed by atoms with Gasteiger partial charge in [0.25, 0.3) is 0 Å². The molecule has 0 spiro atoms. The number of carbonyl (C=O) groups is 2. The Kier molecular flexibility index (Phi) is 8.20. The van der Waals surface area contributed by atoms with Crippen LogP contribution in [0.3, 0.4) is 0 Å². The van der Waals surface area contributed by atoms with Crippen LogP contribution in [0.1, 0.15) is 30.5 Å². The number of rotatable bonds is 9. The first-order chi connectivity index (χ1) is 13.3. The van der Waals surface area contributed by atoms with Crippen molar-refractivity contribution in [3.05, 3.63) is 71.3 Å². The van der Waals surface area contributed by atoms with Crippen molar-refractivity contribution < 1.29 is 9.59 Å². The molecule has 0 aliphatic carbocycles. The number of hydrogen-bond acceptors (Lipinski definition) is 3. The van der Waals surface area contributed by atoms with Crippen LogP contribution in [0.2, 0.25) is 0 Å². The number of nitrogens with one attached hydrogen (secondary N) is 2. The molecule has 1 atom stereocenters. The van der Waals surface area contributed by atoms with E-state index >= 15 is 0 Å². The molecule has 28 heavy (non-hydrogen) atoms. The van der Waals surface area contributed by atoms with E-state index in [9.17, 15) is 9.59 Å². The molecule has 0 aliphatic heterocycles. The maximum absolute atomic E-state index is 12.6. The summed E-state index contributed by atoms with van der Waals surface area (Å²) in [5.41, 5.74) is 3.20. The molecular weight excluding hydrogens is 350 g/mol. The van der Waals surface area contributed by atoms with Crippen molar-refractivity contribution in [1.82, 2.24) is 15.5 Å². The Morgan fingerprint density at radius 1 is 0.893 bits per heavy atom. The summed E-state index contributed by atoms with van der Waals surface area (Å²) in [6, 6.07) is 17.2. The first kappa shape index (κ1) is 21.6. The zero-order chi connectivity index (χ0) is 20.5. The monoisotopic (exact) mass is 381 g/mol. The molecule has 0 fully saturated rings. The summed E-state index contributed by atoms with van der Waals surface area (Å²) in [6.45, 7) is 5.19. The lowest BCUT2D eigenvalue weighted by atomic mass is 10.0. The maximum Gasteiger partial charge on any atom is 0.243 e. The van der Waals surface area contributed by atoms with E-state index in [1.165, 1.54) is 5.56 Å². The minimum Gasteiger partial charge on any atom is -0.350 e. The van der Waals surface area contributed by atoms with Crippen molar-refractivity contribution in [2.24, 2.45) is 5.92 Å². The molecule has 2 aromatic carbocycles. The van der Waals surface area contributed by atoms with Gasteiger partial charge in [0, 0.05) is 13.1 Å². The van der Waals surface area contributed by atoms with Gasteiger partial charge in [-0.15, -0.1) is 0 Å². The van der Waals surface area contributed by atoms with Crippen molar-refractivity contribution >= 4 is 11.8 Å². The van der Waals surface area contributed by atoms with Gasteiger partial charge in [-0.05, 0) is 36.7 Å². The predicted octanol–water partition coefficient (Wildman–Crippen LogP) is 2.75. The SMILES string of the molecule is CC(C)[C@H](NC(=O)Cc1ccccc1)C(=O)NCc1ccc(CN(C)C)cc1. The molecule has 0 aliphatic rings. The minimum atomic E-state index is -0.552. The van der Waals surface area contributed by atoms with E-state index in [0.717, 1.165) is 17.7 Å². The molecule has 5 heteroatoms. The standard InChI is InChI=1S/C23H31N3O2/c1-17(2)22(25-21(27)14-18-8-6-5-7-9-18)23(28)24-15-19-10-12-20(13-11-19)16-26(3)4/h5-13,17,22H,14-16H2,1-4H3,(H,24,28)(H,25,27)/t22-/m0/s1. The lowest BCUT2D eigenvalue weighted by Gasteiger charge is -2.22. The van der Waals surface area contributed by atoms with Gasteiger partial charge in [0.1, 0.15) is 6.04 Å². The van der Waals surface area contributed by atoms with Crippen LogP contribution in [0.25, 0.3) is 0 Å². The number of hydrogen-bond donors (Lipinski definition) is 2. The van der Waals surface area contributed by atoms with Crippen LogP contribution in [0.4, 0.5) is 0 Å². The highest BCUT2D eigenvalue weighted by Crippen LogP contribution is 2.08. The van der Waals surface area contributed by atoms with E-state index in [4.69, 9.17) is 0 Å². The molecule has 0 heterocycles. The number of carbonyl (C=O) groups excluding carboxylic acids is 2. The molecule has 0 unspecified atom stereocenters. The van der Waals surface area contributed by atoms with Crippen LogP contribution in [-0.2, 0) is 29.1 Å². The highest BCUT2D eigenvalue weighted by molar-refractivity contribution is 5.88. The average molecular weight is 382 g/mol. The molecule has 2 rings (SSSR count). The molecule has 0 radical (unpaired) electrons. The van der Waals surface area contributed by atoms with Crippen LogP contribution in [-0.4, -0.2) is 36.9 Å². The van der Waals surface area contributed by atoms with Crippen molar-refractivity contribution in [1.29, 1.82) is 0 Å². The van der Waals surface area contributed by atoms with Gasteiger partial charge in [-0.2, -0.15) is 0 Å². The maximum atomic E-state index is 12.6. The summed E-state index contributed by atoms with van der Waals surface area (Å²) >= 11 is 0. The van der Waals surface area contributed by atoms with Crippen molar-refractivity contribution in [3.8, 4) is 0 Å². The zero-order valence-corrected chi connectivity index (χ0v) is 17.2. The first-order valence-electron chi connectivity index (χ1n) is 9.68. The Balaban J connectivity index is 1.89. The molecule has 0 saturated heterocycles.